The summed E-state index contributed by atoms with van der Waals surface area (Å²) in [7, 11) is -2.64. The van der Waals surface area contributed by atoms with Gasteiger partial charge in [-0.15, -0.1) is 22.7 Å². The number of H-pyrrole nitrogens is 2. The van der Waals surface area contributed by atoms with Gasteiger partial charge in [0.25, 0.3) is 16.0 Å². The van der Waals surface area contributed by atoms with E-state index in [1.807, 2.05) is 44.2 Å². The maximum Gasteiger partial charge on any atom is 0.350 e. The third kappa shape index (κ3) is 8.14. The predicted octanol–water partition coefficient (Wildman–Crippen LogP) is 5.51. The Hall–Kier alpha value is -5.59. The van der Waals surface area contributed by atoms with Crippen molar-refractivity contribution < 1.29 is 27.3 Å². The quantitative estimate of drug-likeness (QED) is 0.0851. The molecule has 5 heterocycles. The number of nitrogens with one attached hydrogen (secondary N) is 5. The second-order valence-electron chi connectivity index (χ2n) is 12.5. The highest BCUT2D eigenvalue weighted by Crippen LogP contribution is 2.41. The molecule has 0 aliphatic carbocycles. The van der Waals surface area contributed by atoms with Gasteiger partial charge in [0.2, 0.25) is 11.1 Å². The van der Waals surface area contributed by atoms with Crippen LogP contribution in [-0.4, -0.2) is 67.1 Å². The first kappa shape index (κ1) is 38.1. The summed E-state index contributed by atoms with van der Waals surface area (Å²) in [5.41, 5.74) is 8.62. The first-order chi connectivity index (χ1) is 25.7. The number of hydrogen-bond acceptors (Lipinski definition) is 12. The summed E-state index contributed by atoms with van der Waals surface area (Å²) < 4.78 is 36.1. The molecule has 54 heavy (non-hydrogen) atoms. The molecule has 7 aromatic rings. The molecular formula is C37H36N6O8S3. The second-order valence-corrected chi connectivity index (χ2v) is 16.0. The fourth-order valence-corrected chi connectivity index (χ4v) is 8.56. The molecule has 0 fully saturated rings. The van der Waals surface area contributed by atoms with E-state index in [9.17, 15) is 27.6 Å². The number of amides is 1. The van der Waals surface area contributed by atoms with Gasteiger partial charge >= 0.3 is 5.97 Å². The third-order valence-electron chi connectivity index (χ3n) is 8.29. The Labute approximate surface area is 316 Å². The van der Waals surface area contributed by atoms with Crippen molar-refractivity contribution in [2.45, 2.75) is 30.8 Å². The van der Waals surface area contributed by atoms with Gasteiger partial charge in [-0.3, -0.25) is 18.9 Å². The SMILES string of the molecule is COC(=O)c1sc2ccc3[nH]c(=O)ccc3c2c1NC[C@@H](C)N.C[C@@H]1CNc2c(sc3ccc4[nH]c(=O)ccc4c23)C(=O)N1.O=S(=O)(O)c1ccccc1. The van der Waals surface area contributed by atoms with Crippen LogP contribution in [0.1, 0.15) is 33.2 Å². The molecule has 0 saturated heterocycles. The average Bonchev–Trinajstić information content (AvgIpc) is 3.68. The summed E-state index contributed by atoms with van der Waals surface area (Å²) >= 11 is 2.83. The Kier molecular flexibility index (Phi) is 11.2. The second kappa shape index (κ2) is 15.8. The normalized spacial score (nSPS) is 14.5. The van der Waals surface area contributed by atoms with E-state index in [0.717, 1.165) is 47.7 Å². The number of nitrogens with two attached hydrogens (primary N) is 1. The van der Waals surface area contributed by atoms with Gasteiger partial charge in [0.15, 0.2) is 0 Å². The van der Waals surface area contributed by atoms with Crippen LogP contribution < -0.4 is 32.8 Å². The van der Waals surface area contributed by atoms with Gasteiger partial charge in [-0.2, -0.15) is 8.42 Å². The number of anilines is 2. The molecule has 8 rings (SSSR count). The van der Waals surface area contributed by atoms with Crippen LogP contribution in [0.2, 0.25) is 0 Å². The molecule has 8 N–H and O–H groups in total. The van der Waals surface area contributed by atoms with Gasteiger partial charge in [0.05, 0.1) is 23.4 Å². The fraction of sp³-hybridized carbons (Fsp3) is 0.189. The van der Waals surface area contributed by atoms with Crippen LogP contribution in [0.15, 0.2) is 93.3 Å². The minimum absolute atomic E-state index is 0.0405. The lowest BCUT2D eigenvalue weighted by molar-refractivity contribution is 0.0607. The number of aromatic amines is 2. The van der Waals surface area contributed by atoms with Gasteiger partial charge in [-0.25, -0.2) is 4.79 Å². The Morgan fingerprint density at radius 3 is 2.06 bits per heavy atom. The zero-order valence-electron chi connectivity index (χ0n) is 29.2. The van der Waals surface area contributed by atoms with Crippen LogP contribution in [0.4, 0.5) is 11.4 Å². The number of esters is 1. The monoisotopic (exact) mass is 788 g/mol. The molecule has 1 amide bonds. The summed E-state index contributed by atoms with van der Waals surface area (Å²) in [5, 5.41) is 13.3. The highest BCUT2D eigenvalue weighted by atomic mass is 32.2. The average molecular weight is 789 g/mol. The van der Waals surface area contributed by atoms with Crippen molar-refractivity contribution in [2.24, 2.45) is 5.73 Å². The number of thiophene rings is 2. The van der Waals surface area contributed by atoms with E-state index in [1.54, 1.807) is 24.3 Å². The molecule has 14 nitrogen and oxygen atoms in total. The molecule has 17 heteroatoms. The lowest BCUT2D eigenvalue weighted by atomic mass is 10.1. The molecular weight excluding hydrogens is 753 g/mol. The molecule has 4 aromatic heterocycles. The van der Waals surface area contributed by atoms with E-state index in [4.69, 9.17) is 15.0 Å². The van der Waals surface area contributed by atoms with Crippen LogP contribution in [0.25, 0.3) is 42.0 Å². The van der Waals surface area contributed by atoms with Crippen LogP contribution in [-0.2, 0) is 14.9 Å². The van der Waals surface area contributed by atoms with Crippen molar-refractivity contribution in [2.75, 3.05) is 30.8 Å². The highest BCUT2D eigenvalue weighted by molar-refractivity contribution is 7.85. The Balaban J connectivity index is 0.000000148. The fourth-order valence-electron chi connectivity index (χ4n) is 5.85. The minimum Gasteiger partial charge on any atom is -0.465 e. The van der Waals surface area contributed by atoms with Gasteiger partial charge < -0.3 is 36.4 Å². The number of pyridine rings is 2. The number of hydrogen-bond donors (Lipinski definition) is 7. The van der Waals surface area contributed by atoms with Crippen molar-refractivity contribution in [3.63, 3.8) is 0 Å². The summed E-state index contributed by atoms with van der Waals surface area (Å²) in [6.45, 7) is 5.06. The van der Waals surface area contributed by atoms with E-state index >= 15 is 0 Å². The number of benzene rings is 3. The maximum absolute atomic E-state index is 12.3. The molecule has 0 radical (unpaired) electrons. The first-order valence-electron chi connectivity index (χ1n) is 16.6. The van der Waals surface area contributed by atoms with E-state index in [-0.39, 0.29) is 34.0 Å². The number of fused-ring (bicyclic) bond motifs is 8. The van der Waals surface area contributed by atoms with Gasteiger partial charge in [0, 0.05) is 79.3 Å². The Bertz CT molecular complexity index is 2760. The van der Waals surface area contributed by atoms with E-state index in [0.29, 0.717) is 28.5 Å². The molecule has 3 aromatic carbocycles. The molecule has 0 spiro atoms. The predicted molar refractivity (Wildman–Crippen MR) is 215 cm³/mol. The molecule has 0 bridgehead atoms. The molecule has 0 saturated carbocycles. The highest BCUT2D eigenvalue weighted by Gasteiger charge is 2.25. The van der Waals surface area contributed by atoms with Crippen molar-refractivity contribution in [3.05, 3.63) is 109 Å². The summed E-state index contributed by atoms with van der Waals surface area (Å²) in [5.74, 6) is -0.433. The first-order valence-corrected chi connectivity index (χ1v) is 19.6. The zero-order chi connectivity index (χ0) is 38.7. The lowest BCUT2D eigenvalue weighted by Crippen LogP contribution is -2.34. The van der Waals surface area contributed by atoms with E-state index in [1.165, 1.54) is 54.0 Å². The van der Waals surface area contributed by atoms with E-state index < -0.39 is 16.1 Å². The third-order valence-corrected chi connectivity index (χ3v) is 11.4. The van der Waals surface area contributed by atoms with Crippen molar-refractivity contribution >= 4 is 98.0 Å². The number of aromatic nitrogens is 2. The van der Waals surface area contributed by atoms with Crippen molar-refractivity contribution in [3.8, 4) is 0 Å². The van der Waals surface area contributed by atoms with Crippen LogP contribution in [0, 0.1) is 0 Å². The number of carbonyl (C=O) groups excluding carboxylic acids is 2. The van der Waals surface area contributed by atoms with Gasteiger partial charge in [-0.1, -0.05) is 18.2 Å². The summed E-state index contributed by atoms with van der Waals surface area (Å²) in [6.07, 6.45) is 0. The van der Waals surface area contributed by atoms with Crippen LogP contribution in [0.5, 0.6) is 0 Å². The summed E-state index contributed by atoms with van der Waals surface area (Å²) in [6, 6.07) is 21.6. The molecule has 2 atom stereocenters. The topological polar surface area (TPSA) is 226 Å². The largest absolute Gasteiger partial charge is 0.465 e. The Morgan fingerprint density at radius 2 is 1.50 bits per heavy atom. The Morgan fingerprint density at radius 1 is 0.907 bits per heavy atom. The molecule has 1 aliphatic rings. The molecule has 0 unspecified atom stereocenters. The van der Waals surface area contributed by atoms with Gasteiger partial charge in [0.1, 0.15) is 9.75 Å². The standard InChI is InChI=1S/C16H17N3O3S.C15H13N3O2S.C6H6O3S/c1-8(17)7-18-14-13-9-3-6-12(20)19-10(9)4-5-11(13)23-15(14)16(21)22-2;1-7-6-16-13-12-8-2-5-11(19)18-9(8)3-4-10(12)21-14(13)15(20)17-7;7-10(8,9)6-4-2-1-3-5-6/h3-6,8,18H,7,17H2,1-2H3,(H,19,20);2-5,7,16H,6H2,1H3,(H,17,20)(H,18,19);1-5H,(H,7,8,9)/t8-;7-;/m11./s1. The zero-order valence-corrected chi connectivity index (χ0v) is 31.6. The maximum atomic E-state index is 12.3. The minimum atomic E-state index is -4.00. The smallest absolute Gasteiger partial charge is 0.350 e. The number of methoxy groups -OCH3 is 1. The van der Waals surface area contributed by atoms with Gasteiger partial charge in [-0.05, 0) is 62.4 Å². The van der Waals surface area contributed by atoms with E-state index in [2.05, 4.69) is 25.9 Å². The number of rotatable bonds is 5. The van der Waals surface area contributed by atoms with Crippen molar-refractivity contribution in [1.29, 1.82) is 0 Å². The molecule has 1 aliphatic heterocycles. The van der Waals surface area contributed by atoms with Crippen LogP contribution >= 0.6 is 22.7 Å². The molecule has 280 valence electrons. The summed E-state index contributed by atoms with van der Waals surface area (Å²) in [4.78, 5) is 54.1. The van der Waals surface area contributed by atoms with Crippen LogP contribution in [0.3, 0.4) is 0 Å². The number of ether oxygens (including phenoxy) is 1. The van der Waals surface area contributed by atoms with Crippen molar-refractivity contribution in [1.82, 2.24) is 15.3 Å². The lowest BCUT2D eigenvalue weighted by Gasteiger charge is -2.11. The number of carbonyl (C=O) groups is 2.